The molecule has 4 saturated carbocycles. The van der Waals surface area contributed by atoms with Gasteiger partial charge in [0.1, 0.15) is 0 Å². The Morgan fingerprint density at radius 2 is 1.62 bits per heavy atom. The van der Waals surface area contributed by atoms with Gasteiger partial charge in [-0.2, -0.15) is 0 Å². The van der Waals surface area contributed by atoms with Crippen LogP contribution in [-0.2, 0) is 0 Å². The van der Waals surface area contributed by atoms with Crippen LogP contribution in [0.25, 0.3) is 0 Å². The Morgan fingerprint density at radius 3 is 2.26 bits per heavy atom. The van der Waals surface area contributed by atoms with Crippen LogP contribution in [0.1, 0.15) is 79.1 Å². The first-order valence-corrected chi connectivity index (χ1v) is 13.5. The highest BCUT2D eigenvalue weighted by Gasteiger charge is 2.71. The summed E-state index contributed by atoms with van der Waals surface area (Å²) in [6, 6.07) is 0. The molecule has 0 heterocycles. The molecule has 196 valence electrons. The summed E-state index contributed by atoms with van der Waals surface area (Å²) in [5, 5.41) is 65.5. The van der Waals surface area contributed by atoms with Crippen molar-refractivity contribution in [3.05, 3.63) is 12.2 Å². The van der Waals surface area contributed by atoms with Crippen LogP contribution in [0.3, 0.4) is 0 Å². The Labute approximate surface area is 205 Å². The molecule has 0 aromatic carbocycles. The first-order chi connectivity index (χ1) is 15.8. The van der Waals surface area contributed by atoms with E-state index < -0.39 is 41.3 Å². The lowest BCUT2D eigenvalue weighted by molar-refractivity contribution is -0.280. The van der Waals surface area contributed by atoms with E-state index in [4.69, 9.17) is 0 Å². The highest BCUT2D eigenvalue weighted by atomic mass is 16.3. The maximum Gasteiger partial charge on any atom is 0.0857 e. The van der Waals surface area contributed by atoms with Gasteiger partial charge in [-0.05, 0) is 79.4 Å². The van der Waals surface area contributed by atoms with Crippen LogP contribution in [0.5, 0.6) is 0 Å². The topological polar surface area (TPSA) is 121 Å². The fourth-order valence-electron chi connectivity index (χ4n) is 9.51. The molecule has 4 aliphatic carbocycles. The van der Waals surface area contributed by atoms with Crippen LogP contribution >= 0.6 is 0 Å². The average molecular weight is 481 g/mol. The number of aliphatic hydroxyl groups excluding tert-OH is 5. The zero-order valence-electron chi connectivity index (χ0n) is 21.5. The van der Waals surface area contributed by atoms with Crippen molar-refractivity contribution >= 4 is 0 Å². The van der Waals surface area contributed by atoms with E-state index in [2.05, 4.69) is 27.4 Å². The predicted molar refractivity (Wildman–Crippen MR) is 131 cm³/mol. The third-order valence-corrected chi connectivity index (χ3v) is 11.4. The number of fused-ring (bicyclic) bond motifs is 5. The Kier molecular flexibility index (Phi) is 7.12. The Hall–Kier alpha value is -0.500. The zero-order valence-corrected chi connectivity index (χ0v) is 21.5. The number of hydrogen-bond donors (Lipinski definition) is 6. The van der Waals surface area contributed by atoms with Crippen LogP contribution in [0.2, 0.25) is 0 Å². The smallest absolute Gasteiger partial charge is 0.0857 e. The molecular weight excluding hydrogens is 432 g/mol. The summed E-state index contributed by atoms with van der Waals surface area (Å²) in [6.45, 7) is 12.8. The molecule has 13 atom stereocenters. The summed E-state index contributed by atoms with van der Waals surface area (Å²) in [7, 11) is 0. The molecule has 0 aromatic heterocycles. The largest absolute Gasteiger partial charge is 0.396 e. The minimum atomic E-state index is -1.19. The van der Waals surface area contributed by atoms with Crippen LogP contribution < -0.4 is 0 Å². The van der Waals surface area contributed by atoms with E-state index in [-0.39, 0.29) is 42.1 Å². The fourth-order valence-corrected chi connectivity index (χ4v) is 9.51. The molecule has 0 bridgehead atoms. The second kappa shape index (κ2) is 9.11. The Morgan fingerprint density at radius 1 is 0.971 bits per heavy atom. The molecule has 0 radical (unpaired) electrons. The first kappa shape index (κ1) is 26.6. The molecule has 13 unspecified atom stereocenters. The molecule has 6 nitrogen and oxygen atoms in total. The summed E-state index contributed by atoms with van der Waals surface area (Å²) in [6.07, 6.45) is 2.05. The second-order valence-electron chi connectivity index (χ2n) is 13.1. The normalized spacial score (nSPS) is 52.3. The Bertz CT molecular complexity index is 772. The molecule has 0 aromatic rings. The standard InChI is InChI=1S/C28H48O6/c1-15(17(3)14-29)6-7-16(2)18-12-20(31)25-26(18,4)11-9-22-27(5)10-8-19(30)24(33)23(27)21(32)13-28(22,25)34/h16-25,29-34H,1,6-14H2,2-5H3. The highest BCUT2D eigenvalue weighted by Crippen LogP contribution is 2.69. The van der Waals surface area contributed by atoms with Gasteiger partial charge in [-0.1, -0.05) is 39.8 Å². The van der Waals surface area contributed by atoms with E-state index in [1.54, 1.807) is 0 Å². The maximum atomic E-state index is 12.3. The summed E-state index contributed by atoms with van der Waals surface area (Å²) in [4.78, 5) is 0. The van der Waals surface area contributed by atoms with Gasteiger partial charge in [0.2, 0.25) is 0 Å². The Balaban J connectivity index is 1.59. The third kappa shape index (κ3) is 3.83. The number of rotatable bonds is 6. The zero-order chi connectivity index (χ0) is 25.2. The van der Waals surface area contributed by atoms with Crippen LogP contribution in [0.4, 0.5) is 0 Å². The molecule has 4 rings (SSSR count). The van der Waals surface area contributed by atoms with Crippen molar-refractivity contribution in [1.29, 1.82) is 0 Å². The van der Waals surface area contributed by atoms with Crippen molar-refractivity contribution in [1.82, 2.24) is 0 Å². The average Bonchev–Trinajstić information content (AvgIpc) is 3.05. The van der Waals surface area contributed by atoms with Gasteiger partial charge in [-0.3, -0.25) is 0 Å². The molecule has 0 spiro atoms. The quantitative estimate of drug-likeness (QED) is 0.325. The van der Waals surface area contributed by atoms with Crippen molar-refractivity contribution < 1.29 is 30.6 Å². The molecular formula is C28H48O6. The minimum absolute atomic E-state index is 0.0858. The van der Waals surface area contributed by atoms with Gasteiger partial charge < -0.3 is 30.6 Å². The number of hydrogen-bond acceptors (Lipinski definition) is 6. The van der Waals surface area contributed by atoms with Crippen molar-refractivity contribution in [2.24, 2.45) is 46.3 Å². The summed E-state index contributed by atoms with van der Waals surface area (Å²) < 4.78 is 0. The second-order valence-corrected chi connectivity index (χ2v) is 13.1. The van der Waals surface area contributed by atoms with E-state index in [1.165, 1.54) is 0 Å². The van der Waals surface area contributed by atoms with Gasteiger partial charge in [0.05, 0.1) is 30.0 Å². The van der Waals surface area contributed by atoms with Crippen LogP contribution in [0.15, 0.2) is 12.2 Å². The lowest BCUT2D eigenvalue weighted by Gasteiger charge is -2.66. The summed E-state index contributed by atoms with van der Waals surface area (Å²) >= 11 is 0. The summed E-state index contributed by atoms with van der Waals surface area (Å²) in [5.74, 6) is -0.210. The van der Waals surface area contributed by atoms with Crippen LogP contribution in [0, 0.1) is 46.3 Å². The number of aliphatic hydroxyl groups is 6. The molecule has 6 N–H and O–H groups in total. The SMILES string of the molecule is C=C(CCC(C)C1CC(O)C2C1(C)CCC1C3(C)CCC(O)C(O)C3C(O)CC12O)C(C)CO. The van der Waals surface area contributed by atoms with Gasteiger partial charge in [-0.15, -0.1) is 0 Å². The molecule has 34 heavy (non-hydrogen) atoms. The van der Waals surface area contributed by atoms with E-state index in [0.29, 0.717) is 25.2 Å². The highest BCUT2D eigenvalue weighted by molar-refractivity contribution is 5.21. The molecule has 0 saturated heterocycles. The van der Waals surface area contributed by atoms with Crippen molar-refractivity contribution in [2.45, 2.75) is 109 Å². The van der Waals surface area contributed by atoms with Gasteiger partial charge in [0.25, 0.3) is 0 Å². The van der Waals surface area contributed by atoms with Gasteiger partial charge in [0.15, 0.2) is 0 Å². The van der Waals surface area contributed by atoms with Crippen LogP contribution in [-0.4, -0.2) is 67.3 Å². The fraction of sp³-hybridized carbons (Fsp3) is 0.929. The summed E-state index contributed by atoms with van der Waals surface area (Å²) in [5.41, 5.74) is -0.843. The van der Waals surface area contributed by atoms with Gasteiger partial charge in [0, 0.05) is 24.9 Å². The lowest BCUT2D eigenvalue weighted by atomic mass is 9.41. The van der Waals surface area contributed by atoms with E-state index in [0.717, 1.165) is 31.3 Å². The van der Waals surface area contributed by atoms with Gasteiger partial charge >= 0.3 is 0 Å². The first-order valence-electron chi connectivity index (χ1n) is 13.5. The van der Waals surface area contributed by atoms with Crippen molar-refractivity contribution in [3.8, 4) is 0 Å². The third-order valence-electron chi connectivity index (χ3n) is 11.4. The van der Waals surface area contributed by atoms with E-state index in [9.17, 15) is 30.6 Å². The van der Waals surface area contributed by atoms with E-state index in [1.807, 2.05) is 6.92 Å². The molecule has 4 fully saturated rings. The minimum Gasteiger partial charge on any atom is -0.396 e. The monoisotopic (exact) mass is 480 g/mol. The van der Waals surface area contributed by atoms with Gasteiger partial charge in [-0.25, -0.2) is 0 Å². The molecule has 0 aliphatic heterocycles. The van der Waals surface area contributed by atoms with Crippen molar-refractivity contribution in [2.75, 3.05) is 6.61 Å². The molecule has 0 amide bonds. The molecule has 6 heteroatoms. The maximum absolute atomic E-state index is 12.3. The predicted octanol–water partition coefficient (Wildman–Crippen LogP) is 2.63. The lowest BCUT2D eigenvalue weighted by Crippen LogP contribution is -2.70. The molecule has 4 aliphatic rings. The van der Waals surface area contributed by atoms with Crippen molar-refractivity contribution in [3.63, 3.8) is 0 Å². The van der Waals surface area contributed by atoms with E-state index >= 15 is 0 Å².